The Hall–Kier alpha value is -2.10. The minimum absolute atomic E-state index is 0.0200. The molecule has 0 unspecified atom stereocenters. The molecule has 4 aromatic carbocycles. The Bertz CT molecular complexity index is 1340. The molecule has 2 atom stereocenters. The Kier molecular flexibility index (Phi) is 7.93. The van der Waals surface area contributed by atoms with Crippen LogP contribution in [0.2, 0.25) is 0 Å². The first-order valence-corrected chi connectivity index (χ1v) is 17.6. The van der Waals surface area contributed by atoms with Gasteiger partial charge in [-0.1, -0.05) is 84.9 Å². The van der Waals surface area contributed by atoms with Crippen molar-refractivity contribution < 1.29 is 29.0 Å². The van der Waals surface area contributed by atoms with E-state index in [0.29, 0.717) is 0 Å². The summed E-state index contributed by atoms with van der Waals surface area (Å²) < 4.78 is 16.7. The Morgan fingerprint density at radius 3 is 1.54 bits per heavy atom. The van der Waals surface area contributed by atoms with Gasteiger partial charge in [-0.25, -0.2) is 0 Å². The van der Waals surface area contributed by atoms with E-state index in [1.165, 1.54) is 33.4 Å². The van der Waals surface area contributed by atoms with Crippen LogP contribution in [0.25, 0.3) is 0 Å². The quantitative estimate of drug-likeness (QED) is 0.151. The predicted octanol–water partition coefficient (Wildman–Crippen LogP) is 9.11. The number of aryl methyl sites for hydroxylation is 2. The zero-order valence-corrected chi connectivity index (χ0v) is 26.1. The van der Waals surface area contributed by atoms with Crippen molar-refractivity contribution in [2.75, 3.05) is 0 Å². The van der Waals surface area contributed by atoms with Gasteiger partial charge in [0.25, 0.3) is 0 Å². The summed E-state index contributed by atoms with van der Waals surface area (Å²) in [6, 6.07) is 35.1. The molecule has 3 nitrogen and oxygen atoms in total. The van der Waals surface area contributed by atoms with Crippen LogP contribution in [-0.4, -0.2) is 4.67 Å². The summed E-state index contributed by atoms with van der Waals surface area (Å²) in [7, 11) is 2.63. The molecule has 39 heavy (non-hydrogen) atoms. The maximum atomic E-state index is 7.09. The molecule has 7 rings (SSSR count). The molecule has 3 aliphatic rings. The number of benzene rings is 4. The summed E-state index contributed by atoms with van der Waals surface area (Å²) in [5.74, 6) is 2.05. The number of rotatable bonds is 5. The second-order valence-electron chi connectivity index (χ2n) is 10.7. The first-order valence-electron chi connectivity index (χ1n) is 13.6. The normalized spacial score (nSPS) is 17.9. The molecule has 1 spiro atoms. The third kappa shape index (κ3) is 4.68. The van der Waals surface area contributed by atoms with E-state index >= 15 is 0 Å². The van der Waals surface area contributed by atoms with Crippen LogP contribution < -0.4 is 9.05 Å². The van der Waals surface area contributed by atoms with Gasteiger partial charge in [0, 0.05) is 16.5 Å². The molecular weight excluding hydrogens is 706 g/mol. The first kappa shape index (κ1) is 27.1. The summed E-state index contributed by atoms with van der Waals surface area (Å²) in [5, 5.41) is 0. The van der Waals surface area contributed by atoms with Crippen LogP contribution in [0, 0.1) is 0 Å². The van der Waals surface area contributed by atoms with E-state index in [9.17, 15) is 0 Å². The fourth-order valence-corrected chi connectivity index (χ4v) is 8.92. The summed E-state index contributed by atoms with van der Waals surface area (Å²) in [5.41, 5.74) is 8.29. The van der Waals surface area contributed by atoms with Crippen molar-refractivity contribution in [3.05, 3.63) is 130 Å². The third-order valence-corrected chi connectivity index (χ3v) is 10.8. The van der Waals surface area contributed by atoms with Crippen molar-refractivity contribution in [3.8, 4) is 11.5 Å². The van der Waals surface area contributed by atoms with E-state index in [-0.39, 0.29) is 17.5 Å². The van der Waals surface area contributed by atoms with Crippen molar-refractivity contribution in [1.82, 2.24) is 4.67 Å². The second-order valence-corrected chi connectivity index (χ2v) is 12.2. The molecule has 2 aliphatic carbocycles. The van der Waals surface area contributed by atoms with E-state index in [1.807, 2.05) is 0 Å². The van der Waals surface area contributed by atoms with Crippen molar-refractivity contribution in [2.45, 2.75) is 57.0 Å². The summed E-state index contributed by atoms with van der Waals surface area (Å²) >= 11 is 1.75. The zero-order valence-electron chi connectivity index (χ0n) is 22.2. The van der Waals surface area contributed by atoms with Crippen molar-refractivity contribution in [1.29, 1.82) is 0 Å². The molecule has 0 saturated heterocycles. The van der Waals surface area contributed by atoms with Gasteiger partial charge in [-0.05, 0) is 73.9 Å². The standard InChI is InChI=1S/C33H32NO2P.Au.ClH/c1-23(25-11-5-3-6-12-25)34(24(2)26-13-7-4-8-14-26)37-35-29-17-9-15-27-19-21-33(31(27)29)22-20-28-16-10-18-30(36-37)32(28)33;;/h3-18,23-24H,19-22H2,1-2H3;;1H/q;+1;/t23-,24-,33?;;/m1../s1. The van der Waals surface area contributed by atoms with Crippen LogP contribution in [0.1, 0.15) is 72.2 Å². The van der Waals surface area contributed by atoms with Crippen LogP contribution in [0.15, 0.2) is 97.1 Å². The average Bonchev–Trinajstić information content (AvgIpc) is 3.56. The van der Waals surface area contributed by atoms with Gasteiger partial charge in [-0.3, -0.25) is 9.05 Å². The molecule has 1 aliphatic heterocycles. The van der Waals surface area contributed by atoms with Crippen molar-refractivity contribution >= 4 is 17.7 Å². The van der Waals surface area contributed by atoms with Gasteiger partial charge in [0.15, 0.2) is 11.5 Å². The van der Waals surface area contributed by atoms with Gasteiger partial charge in [0.1, 0.15) is 0 Å². The molecule has 0 N–H and O–H groups in total. The zero-order chi connectivity index (χ0) is 27.0. The molecule has 1 heterocycles. The van der Waals surface area contributed by atoms with E-state index in [2.05, 4.69) is 125 Å². The molecule has 0 bridgehead atoms. The summed E-state index contributed by atoms with van der Waals surface area (Å²) in [4.78, 5) is 0. The topological polar surface area (TPSA) is 21.7 Å². The Labute approximate surface area is 249 Å². The molecule has 0 amide bonds. The fraction of sp³-hybridized carbons (Fsp3) is 0.273. The molecular formula is C33H33AuClNO2P+. The molecule has 0 fully saturated rings. The van der Waals surface area contributed by atoms with E-state index in [0.717, 1.165) is 37.2 Å². The van der Waals surface area contributed by atoms with Gasteiger partial charge in [0.2, 0.25) is 0 Å². The molecule has 204 valence electrons. The second kappa shape index (κ2) is 11.4. The Balaban J connectivity index is 0.00000135. The van der Waals surface area contributed by atoms with Crippen LogP contribution in [0.3, 0.4) is 0 Å². The number of hydrogen-bond acceptors (Lipinski definition) is 3. The van der Waals surface area contributed by atoms with Gasteiger partial charge >= 0.3 is 37.7 Å². The van der Waals surface area contributed by atoms with Gasteiger partial charge < -0.3 is 0 Å². The SMILES string of the molecule is C[C@H](c1ccccc1)N([C@H](C)c1ccccc1)[PH+]1Oc2cccc3c2C2(CC3)CCc3cccc(c32)O1.[Cl][Au]. The summed E-state index contributed by atoms with van der Waals surface area (Å²) in [6.45, 7) is 4.57. The van der Waals surface area contributed by atoms with Crippen LogP contribution in [0.4, 0.5) is 0 Å². The molecule has 6 heteroatoms. The molecule has 4 aromatic rings. The van der Waals surface area contributed by atoms with Gasteiger partial charge in [-0.2, -0.15) is 0 Å². The number of hydrogen-bond donors (Lipinski definition) is 0. The van der Waals surface area contributed by atoms with Crippen molar-refractivity contribution in [3.63, 3.8) is 0 Å². The maximum absolute atomic E-state index is 7.09. The van der Waals surface area contributed by atoms with E-state index in [4.69, 9.17) is 9.05 Å². The Morgan fingerprint density at radius 2 is 1.10 bits per heavy atom. The average molecular weight is 739 g/mol. The predicted molar refractivity (Wildman–Crippen MR) is 157 cm³/mol. The van der Waals surface area contributed by atoms with E-state index < -0.39 is 8.53 Å². The van der Waals surface area contributed by atoms with Crippen molar-refractivity contribution in [2.24, 2.45) is 0 Å². The third-order valence-electron chi connectivity index (χ3n) is 8.83. The van der Waals surface area contributed by atoms with Crippen LogP contribution in [0.5, 0.6) is 11.5 Å². The van der Waals surface area contributed by atoms with Crippen LogP contribution in [-0.2, 0) is 38.2 Å². The molecule has 0 saturated carbocycles. The van der Waals surface area contributed by atoms with Gasteiger partial charge in [-0.15, -0.1) is 4.67 Å². The van der Waals surface area contributed by atoms with Gasteiger partial charge in [0.05, 0.1) is 12.1 Å². The monoisotopic (exact) mass is 738 g/mol. The minimum atomic E-state index is -1.96. The fourth-order valence-electron chi connectivity index (χ4n) is 7.02. The number of nitrogens with zero attached hydrogens (tertiary/aromatic N) is 1. The Morgan fingerprint density at radius 1 is 0.667 bits per heavy atom. The molecule has 0 aromatic heterocycles. The summed E-state index contributed by atoms with van der Waals surface area (Å²) in [6.07, 6.45) is 4.49. The first-order chi connectivity index (χ1) is 19.2. The van der Waals surface area contributed by atoms with E-state index in [1.54, 1.807) is 20.0 Å². The van der Waals surface area contributed by atoms with Crippen LogP contribution >= 0.6 is 17.7 Å². The molecule has 0 radical (unpaired) electrons. The number of halogens is 1.